The van der Waals surface area contributed by atoms with Crippen molar-refractivity contribution in [1.82, 2.24) is 21.5 Å². The van der Waals surface area contributed by atoms with Gasteiger partial charge in [-0.15, -0.1) is 12.4 Å². The third-order valence-electron chi connectivity index (χ3n) is 3.97. The largest absolute Gasteiger partial charge is 0.351 e. The molecular formula is C14H21ClN4O. The van der Waals surface area contributed by atoms with Gasteiger partial charge in [0.25, 0.3) is 0 Å². The van der Waals surface area contributed by atoms with Gasteiger partial charge in [0.05, 0.1) is 0 Å². The molecule has 2 saturated heterocycles. The Morgan fingerprint density at radius 2 is 2.05 bits per heavy atom. The first kappa shape index (κ1) is 15.3. The number of amides is 1. The first-order valence-corrected chi connectivity index (χ1v) is 6.88. The number of halogens is 1. The molecule has 6 heteroatoms. The molecule has 0 spiro atoms. The van der Waals surface area contributed by atoms with E-state index in [1.165, 1.54) is 0 Å². The first-order valence-electron chi connectivity index (χ1n) is 6.88. The molecule has 2 heterocycles. The van der Waals surface area contributed by atoms with Crippen LogP contribution in [0.3, 0.4) is 0 Å². The molecule has 0 bridgehead atoms. The molecule has 2 aliphatic rings. The van der Waals surface area contributed by atoms with Crippen LogP contribution in [-0.4, -0.2) is 31.1 Å². The third kappa shape index (κ3) is 3.30. The predicted molar refractivity (Wildman–Crippen MR) is 80.4 cm³/mol. The van der Waals surface area contributed by atoms with E-state index in [2.05, 4.69) is 21.5 Å². The SMILES string of the molecule is Cl.O=C(NCc1ccccc1)C1NNC2CCNCC21. The minimum Gasteiger partial charge on any atom is -0.351 e. The van der Waals surface area contributed by atoms with Gasteiger partial charge < -0.3 is 10.6 Å². The summed E-state index contributed by atoms with van der Waals surface area (Å²) in [5.41, 5.74) is 7.49. The number of piperidine rings is 1. The fraction of sp³-hybridized carbons (Fsp3) is 0.500. The summed E-state index contributed by atoms with van der Waals surface area (Å²) < 4.78 is 0. The van der Waals surface area contributed by atoms with Crippen LogP contribution < -0.4 is 21.5 Å². The van der Waals surface area contributed by atoms with Crippen molar-refractivity contribution in [2.24, 2.45) is 5.92 Å². The molecule has 3 rings (SSSR count). The van der Waals surface area contributed by atoms with Crippen molar-refractivity contribution in [3.8, 4) is 0 Å². The molecule has 0 saturated carbocycles. The maximum absolute atomic E-state index is 12.2. The molecule has 0 aromatic heterocycles. The fourth-order valence-corrected chi connectivity index (χ4v) is 2.87. The van der Waals surface area contributed by atoms with Crippen LogP contribution in [0.15, 0.2) is 30.3 Å². The van der Waals surface area contributed by atoms with Crippen molar-refractivity contribution in [2.45, 2.75) is 25.0 Å². The van der Waals surface area contributed by atoms with E-state index in [4.69, 9.17) is 0 Å². The van der Waals surface area contributed by atoms with Crippen molar-refractivity contribution in [3.05, 3.63) is 35.9 Å². The van der Waals surface area contributed by atoms with Gasteiger partial charge in [0.1, 0.15) is 6.04 Å². The van der Waals surface area contributed by atoms with Gasteiger partial charge in [-0.1, -0.05) is 30.3 Å². The average Bonchev–Trinajstić information content (AvgIpc) is 2.90. The van der Waals surface area contributed by atoms with Gasteiger partial charge in [-0.25, -0.2) is 5.43 Å². The molecule has 4 N–H and O–H groups in total. The standard InChI is InChI=1S/C14H20N4O.ClH/c19-14(16-8-10-4-2-1-3-5-10)13-11-9-15-7-6-12(11)17-18-13;/h1-5,11-13,15,17-18H,6-9H2,(H,16,19);1H. The molecule has 3 unspecified atom stereocenters. The second kappa shape index (κ2) is 7.04. The van der Waals surface area contributed by atoms with Crippen LogP contribution in [0.5, 0.6) is 0 Å². The van der Waals surface area contributed by atoms with E-state index in [1.54, 1.807) is 0 Å². The Hall–Kier alpha value is -1.14. The number of carbonyl (C=O) groups excluding carboxylic acids is 1. The molecule has 3 atom stereocenters. The van der Waals surface area contributed by atoms with Crippen molar-refractivity contribution < 1.29 is 4.79 Å². The molecule has 0 radical (unpaired) electrons. The summed E-state index contributed by atoms with van der Waals surface area (Å²) in [6.07, 6.45) is 1.07. The number of rotatable bonds is 3. The number of carbonyl (C=O) groups is 1. The Balaban J connectivity index is 0.00000147. The molecule has 2 aliphatic heterocycles. The van der Waals surface area contributed by atoms with Crippen LogP contribution in [0, 0.1) is 5.92 Å². The molecule has 20 heavy (non-hydrogen) atoms. The number of benzene rings is 1. The van der Waals surface area contributed by atoms with Crippen LogP contribution in [0.2, 0.25) is 0 Å². The number of hydrogen-bond donors (Lipinski definition) is 4. The van der Waals surface area contributed by atoms with Crippen LogP contribution >= 0.6 is 12.4 Å². The minimum atomic E-state index is -0.137. The normalized spacial score (nSPS) is 28.3. The monoisotopic (exact) mass is 296 g/mol. The second-order valence-corrected chi connectivity index (χ2v) is 5.23. The van der Waals surface area contributed by atoms with Crippen molar-refractivity contribution in [3.63, 3.8) is 0 Å². The third-order valence-corrected chi connectivity index (χ3v) is 3.97. The van der Waals surface area contributed by atoms with Gasteiger partial charge in [0, 0.05) is 25.0 Å². The number of fused-ring (bicyclic) bond motifs is 1. The molecule has 0 aliphatic carbocycles. The van der Waals surface area contributed by atoms with Gasteiger partial charge in [-0.05, 0) is 18.5 Å². The summed E-state index contributed by atoms with van der Waals surface area (Å²) in [4.78, 5) is 12.2. The van der Waals surface area contributed by atoms with E-state index in [0.29, 0.717) is 18.5 Å². The van der Waals surface area contributed by atoms with E-state index < -0.39 is 0 Å². The zero-order valence-electron chi connectivity index (χ0n) is 11.3. The molecule has 1 aromatic carbocycles. The van der Waals surface area contributed by atoms with E-state index in [1.807, 2.05) is 30.3 Å². The van der Waals surface area contributed by atoms with Crippen molar-refractivity contribution in [1.29, 1.82) is 0 Å². The fourth-order valence-electron chi connectivity index (χ4n) is 2.87. The Bertz CT molecular complexity index is 442. The van der Waals surface area contributed by atoms with E-state index >= 15 is 0 Å². The second-order valence-electron chi connectivity index (χ2n) is 5.23. The quantitative estimate of drug-likeness (QED) is 0.642. The van der Waals surface area contributed by atoms with E-state index in [9.17, 15) is 4.79 Å². The minimum absolute atomic E-state index is 0. The highest BCUT2D eigenvalue weighted by molar-refractivity contribution is 5.85. The van der Waals surface area contributed by atoms with Crippen LogP contribution in [0.25, 0.3) is 0 Å². The predicted octanol–water partition coefficient (Wildman–Crippen LogP) is 0.179. The molecule has 1 aromatic rings. The zero-order chi connectivity index (χ0) is 13.1. The van der Waals surface area contributed by atoms with Gasteiger partial charge in [-0.2, -0.15) is 0 Å². The first-order chi connectivity index (χ1) is 9.34. The van der Waals surface area contributed by atoms with Crippen molar-refractivity contribution in [2.75, 3.05) is 13.1 Å². The Labute approximate surface area is 125 Å². The maximum atomic E-state index is 12.2. The summed E-state index contributed by atoms with van der Waals surface area (Å²) >= 11 is 0. The average molecular weight is 297 g/mol. The van der Waals surface area contributed by atoms with Crippen LogP contribution in [0.4, 0.5) is 0 Å². The Morgan fingerprint density at radius 3 is 2.85 bits per heavy atom. The molecule has 2 fully saturated rings. The smallest absolute Gasteiger partial charge is 0.239 e. The number of hydrazine groups is 1. The highest BCUT2D eigenvalue weighted by Gasteiger charge is 2.40. The number of nitrogens with one attached hydrogen (secondary N) is 4. The molecular weight excluding hydrogens is 276 g/mol. The van der Waals surface area contributed by atoms with Gasteiger partial charge >= 0.3 is 0 Å². The summed E-state index contributed by atoms with van der Waals surface area (Å²) in [5.74, 6) is 0.414. The van der Waals surface area contributed by atoms with Crippen molar-refractivity contribution >= 4 is 18.3 Å². The lowest BCUT2D eigenvalue weighted by atomic mass is 9.89. The van der Waals surface area contributed by atoms with Crippen LogP contribution in [0.1, 0.15) is 12.0 Å². The lowest BCUT2D eigenvalue weighted by Crippen LogP contribution is -2.49. The lowest BCUT2D eigenvalue weighted by Gasteiger charge is -2.27. The molecule has 5 nitrogen and oxygen atoms in total. The van der Waals surface area contributed by atoms with Crippen LogP contribution in [-0.2, 0) is 11.3 Å². The summed E-state index contributed by atoms with van der Waals surface area (Å²) in [5, 5.41) is 6.36. The van der Waals surface area contributed by atoms with E-state index in [-0.39, 0.29) is 24.4 Å². The highest BCUT2D eigenvalue weighted by Crippen LogP contribution is 2.20. The lowest BCUT2D eigenvalue weighted by molar-refractivity contribution is -0.124. The molecule has 110 valence electrons. The van der Waals surface area contributed by atoms with Gasteiger partial charge in [0.2, 0.25) is 5.91 Å². The highest BCUT2D eigenvalue weighted by atomic mass is 35.5. The number of hydrogen-bond acceptors (Lipinski definition) is 4. The van der Waals surface area contributed by atoms with Gasteiger partial charge in [-0.3, -0.25) is 10.2 Å². The maximum Gasteiger partial charge on any atom is 0.239 e. The summed E-state index contributed by atoms with van der Waals surface area (Å²) in [6.45, 7) is 2.50. The summed E-state index contributed by atoms with van der Waals surface area (Å²) in [6, 6.07) is 10.3. The summed E-state index contributed by atoms with van der Waals surface area (Å²) in [7, 11) is 0. The Kier molecular flexibility index (Phi) is 5.37. The molecule has 1 amide bonds. The topological polar surface area (TPSA) is 65.2 Å². The zero-order valence-corrected chi connectivity index (χ0v) is 12.1. The van der Waals surface area contributed by atoms with E-state index in [0.717, 1.165) is 25.1 Å². The van der Waals surface area contributed by atoms with Gasteiger partial charge in [0.15, 0.2) is 0 Å². The Morgan fingerprint density at radius 1 is 1.25 bits per heavy atom.